The molecule has 78 valence electrons. The van der Waals surface area contributed by atoms with Crippen LogP contribution in [0.4, 0.5) is 0 Å². The Hall–Kier alpha value is -1.84. The molecule has 1 saturated carbocycles. The predicted octanol–water partition coefficient (Wildman–Crippen LogP) is 0.762. The zero-order valence-corrected chi connectivity index (χ0v) is 8.19. The summed E-state index contributed by atoms with van der Waals surface area (Å²) in [5.74, 6) is -0.562. The first-order valence-corrected chi connectivity index (χ1v) is 4.83. The van der Waals surface area contributed by atoms with E-state index in [0.717, 1.165) is 18.4 Å². The van der Waals surface area contributed by atoms with Gasteiger partial charge in [-0.25, -0.2) is 0 Å². The fourth-order valence-electron chi connectivity index (χ4n) is 1.67. The lowest BCUT2D eigenvalue weighted by Gasteiger charge is -2.06. The van der Waals surface area contributed by atoms with Crippen molar-refractivity contribution < 1.29 is 9.59 Å². The number of carbonyl (C=O) groups excluding carboxylic acids is 2. The van der Waals surface area contributed by atoms with Gasteiger partial charge in [0.1, 0.15) is 0 Å². The zero-order valence-electron chi connectivity index (χ0n) is 8.19. The number of nitrogens with two attached hydrogens (primary N) is 2. The molecule has 0 radical (unpaired) electrons. The fourth-order valence-corrected chi connectivity index (χ4v) is 1.67. The Kier molecular flexibility index (Phi) is 2.19. The maximum atomic E-state index is 11.1. The van der Waals surface area contributed by atoms with Crippen molar-refractivity contribution in [1.82, 2.24) is 0 Å². The van der Waals surface area contributed by atoms with Gasteiger partial charge in [-0.15, -0.1) is 0 Å². The molecule has 0 spiro atoms. The summed E-state index contributed by atoms with van der Waals surface area (Å²) < 4.78 is 0. The van der Waals surface area contributed by atoms with E-state index in [9.17, 15) is 9.59 Å². The summed E-state index contributed by atoms with van der Waals surface area (Å²) in [5.41, 5.74) is 12.2. The molecule has 2 amide bonds. The SMILES string of the molecule is NC(=O)c1ccc(C(N)=O)c(C2CC2)c1. The van der Waals surface area contributed by atoms with E-state index in [4.69, 9.17) is 11.5 Å². The average molecular weight is 204 g/mol. The Bertz CT molecular complexity index is 436. The van der Waals surface area contributed by atoms with Crippen molar-refractivity contribution >= 4 is 11.8 Å². The lowest BCUT2D eigenvalue weighted by atomic mass is 9.99. The highest BCUT2D eigenvalue weighted by molar-refractivity contribution is 5.98. The van der Waals surface area contributed by atoms with Crippen molar-refractivity contribution in [2.45, 2.75) is 18.8 Å². The third-order valence-electron chi connectivity index (χ3n) is 2.62. The van der Waals surface area contributed by atoms with Crippen LogP contribution in [0.15, 0.2) is 18.2 Å². The standard InChI is InChI=1S/C11H12N2O2/c12-10(14)7-3-4-8(11(13)15)9(5-7)6-1-2-6/h3-6H,1-2H2,(H2,12,14)(H2,13,15). The molecule has 4 heteroatoms. The minimum atomic E-state index is -0.479. The van der Waals surface area contributed by atoms with E-state index in [-0.39, 0.29) is 0 Å². The number of hydrogen-bond acceptors (Lipinski definition) is 2. The number of amides is 2. The molecule has 1 fully saturated rings. The minimum Gasteiger partial charge on any atom is -0.366 e. The van der Waals surface area contributed by atoms with E-state index < -0.39 is 11.8 Å². The van der Waals surface area contributed by atoms with Crippen LogP contribution in [0.5, 0.6) is 0 Å². The summed E-state index contributed by atoms with van der Waals surface area (Å²) in [4.78, 5) is 22.1. The molecule has 1 aliphatic rings. The number of benzene rings is 1. The summed E-state index contributed by atoms with van der Waals surface area (Å²) in [6.45, 7) is 0. The molecule has 0 saturated heterocycles. The molecule has 4 N–H and O–H groups in total. The third kappa shape index (κ3) is 1.83. The largest absolute Gasteiger partial charge is 0.366 e. The van der Waals surface area contributed by atoms with Crippen LogP contribution in [0, 0.1) is 0 Å². The Labute approximate surface area is 87.3 Å². The number of rotatable bonds is 3. The van der Waals surface area contributed by atoms with E-state index in [1.54, 1.807) is 12.1 Å². The topological polar surface area (TPSA) is 86.2 Å². The average Bonchev–Trinajstić information content (AvgIpc) is 2.99. The fraction of sp³-hybridized carbons (Fsp3) is 0.273. The van der Waals surface area contributed by atoms with E-state index in [2.05, 4.69) is 0 Å². The lowest BCUT2D eigenvalue weighted by molar-refractivity contribution is 0.0987. The van der Waals surface area contributed by atoms with Gasteiger partial charge < -0.3 is 11.5 Å². The highest BCUT2D eigenvalue weighted by atomic mass is 16.1. The molecule has 0 bridgehead atoms. The number of primary amides is 2. The minimum absolute atomic E-state index is 0.367. The summed E-state index contributed by atoms with van der Waals surface area (Å²) in [7, 11) is 0. The van der Waals surface area contributed by atoms with Crippen molar-refractivity contribution in [3.05, 3.63) is 34.9 Å². The van der Waals surface area contributed by atoms with Gasteiger partial charge in [0.05, 0.1) is 0 Å². The Morgan fingerprint density at radius 3 is 2.27 bits per heavy atom. The zero-order chi connectivity index (χ0) is 11.0. The van der Waals surface area contributed by atoms with Gasteiger partial charge in [-0.3, -0.25) is 9.59 Å². The molecule has 0 aromatic heterocycles. The van der Waals surface area contributed by atoms with Crippen LogP contribution < -0.4 is 11.5 Å². The molecule has 0 atom stereocenters. The normalized spacial score (nSPS) is 14.9. The number of carbonyl (C=O) groups is 2. The highest BCUT2D eigenvalue weighted by Crippen LogP contribution is 2.41. The molecule has 2 rings (SSSR count). The van der Waals surface area contributed by atoms with Gasteiger partial charge in [-0.2, -0.15) is 0 Å². The van der Waals surface area contributed by atoms with E-state index >= 15 is 0 Å². The van der Waals surface area contributed by atoms with Crippen LogP contribution in [-0.2, 0) is 0 Å². The van der Waals surface area contributed by atoms with Crippen molar-refractivity contribution in [1.29, 1.82) is 0 Å². The molecular weight excluding hydrogens is 192 g/mol. The second-order valence-corrected chi connectivity index (χ2v) is 3.80. The van der Waals surface area contributed by atoms with E-state index in [0.29, 0.717) is 17.0 Å². The Balaban J connectivity index is 2.48. The van der Waals surface area contributed by atoms with Gasteiger partial charge in [-0.05, 0) is 42.5 Å². The van der Waals surface area contributed by atoms with Gasteiger partial charge in [0, 0.05) is 11.1 Å². The Morgan fingerprint density at radius 1 is 1.13 bits per heavy atom. The monoisotopic (exact) mass is 204 g/mol. The quantitative estimate of drug-likeness (QED) is 0.761. The van der Waals surface area contributed by atoms with Crippen LogP contribution in [0.3, 0.4) is 0 Å². The first kappa shape index (κ1) is 9.71. The van der Waals surface area contributed by atoms with Crippen molar-refractivity contribution in [2.24, 2.45) is 11.5 Å². The first-order valence-electron chi connectivity index (χ1n) is 4.83. The summed E-state index contributed by atoms with van der Waals surface area (Å²) in [6.07, 6.45) is 2.09. The van der Waals surface area contributed by atoms with Gasteiger partial charge in [0.15, 0.2) is 0 Å². The van der Waals surface area contributed by atoms with Gasteiger partial charge in [0.2, 0.25) is 11.8 Å². The van der Waals surface area contributed by atoms with Crippen LogP contribution in [0.25, 0.3) is 0 Å². The van der Waals surface area contributed by atoms with Crippen molar-refractivity contribution in [3.63, 3.8) is 0 Å². The lowest BCUT2D eigenvalue weighted by Crippen LogP contribution is -2.16. The first-order chi connectivity index (χ1) is 7.09. The van der Waals surface area contributed by atoms with Crippen LogP contribution in [0.2, 0.25) is 0 Å². The molecule has 0 unspecified atom stereocenters. The van der Waals surface area contributed by atoms with Crippen LogP contribution >= 0.6 is 0 Å². The molecule has 15 heavy (non-hydrogen) atoms. The second kappa shape index (κ2) is 3.38. The second-order valence-electron chi connectivity index (χ2n) is 3.80. The molecule has 1 aromatic carbocycles. The highest BCUT2D eigenvalue weighted by Gasteiger charge is 2.28. The maximum absolute atomic E-state index is 11.1. The summed E-state index contributed by atoms with van der Waals surface area (Å²) in [6, 6.07) is 4.80. The van der Waals surface area contributed by atoms with Gasteiger partial charge in [-0.1, -0.05) is 0 Å². The van der Waals surface area contributed by atoms with Crippen LogP contribution in [0.1, 0.15) is 45.0 Å². The third-order valence-corrected chi connectivity index (χ3v) is 2.62. The van der Waals surface area contributed by atoms with Crippen molar-refractivity contribution in [2.75, 3.05) is 0 Å². The molecular formula is C11H12N2O2. The molecule has 1 aliphatic carbocycles. The molecule has 4 nitrogen and oxygen atoms in total. The molecule has 0 aliphatic heterocycles. The Morgan fingerprint density at radius 2 is 1.80 bits per heavy atom. The molecule has 1 aromatic rings. The summed E-state index contributed by atoms with van der Waals surface area (Å²) >= 11 is 0. The van der Waals surface area contributed by atoms with E-state index in [1.807, 2.05) is 0 Å². The van der Waals surface area contributed by atoms with E-state index in [1.165, 1.54) is 6.07 Å². The molecule has 0 heterocycles. The van der Waals surface area contributed by atoms with Gasteiger partial charge >= 0.3 is 0 Å². The number of hydrogen-bond donors (Lipinski definition) is 2. The van der Waals surface area contributed by atoms with Crippen molar-refractivity contribution in [3.8, 4) is 0 Å². The van der Waals surface area contributed by atoms with Crippen LogP contribution in [-0.4, -0.2) is 11.8 Å². The maximum Gasteiger partial charge on any atom is 0.248 e. The predicted molar refractivity (Wildman–Crippen MR) is 55.5 cm³/mol. The summed E-state index contributed by atoms with van der Waals surface area (Å²) in [5, 5.41) is 0. The smallest absolute Gasteiger partial charge is 0.248 e. The van der Waals surface area contributed by atoms with Gasteiger partial charge in [0.25, 0.3) is 0 Å².